The van der Waals surface area contributed by atoms with Crippen molar-refractivity contribution in [2.45, 2.75) is 52.5 Å². The van der Waals surface area contributed by atoms with Gasteiger partial charge in [0.25, 0.3) is 6.41 Å². The Labute approximate surface area is 256 Å². The van der Waals surface area contributed by atoms with Gasteiger partial charge in [0.2, 0.25) is 5.91 Å². The number of carbonyl (C=O) groups excluding carboxylic acids is 1. The number of carbonyl (C=O) groups is 1. The van der Waals surface area contributed by atoms with Gasteiger partial charge >= 0.3 is 6.36 Å². The van der Waals surface area contributed by atoms with E-state index >= 15 is 0 Å². The van der Waals surface area contributed by atoms with Crippen molar-refractivity contribution in [2.75, 3.05) is 10.7 Å². The van der Waals surface area contributed by atoms with E-state index in [1.54, 1.807) is 4.90 Å². The molecule has 0 bridgehead atoms. The van der Waals surface area contributed by atoms with Gasteiger partial charge in [-0.25, -0.2) is 14.7 Å². The summed E-state index contributed by atoms with van der Waals surface area (Å²) in [5, 5.41) is 15.4. The van der Waals surface area contributed by atoms with Crippen LogP contribution in [0.4, 0.5) is 18.9 Å². The molecule has 3 aromatic carbocycles. The summed E-state index contributed by atoms with van der Waals surface area (Å²) < 4.78 is 48.3. The Hall–Kier alpha value is -4.20. The van der Waals surface area contributed by atoms with Gasteiger partial charge in [0.1, 0.15) is 12.1 Å². The van der Waals surface area contributed by atoms with E-state index in [0.29, 0.717) is 23.1 Å². The number of hydrogen-bond acceptors (Lipinski definition) is 8. The van der Waals surface area contributed by atoms with E-state index in [1.165, 1.54) is 47.0 Å². The van der Waals surface area contributed by atoms with Gasteiger partial charge in [-0.1, -0.05) is 61.2 Å². The van der Waals surface area contributed by atoms with Crippen LogP contribution in [0, 0.1) is 6.92 Å². The second-order valence-corrected chi connectivity index (χ2v) is 11.0. The molecule has 0 saturated carbocycles. The first-order valence-electron chi connectivity index (χ1n) is 13.8. The van der Waals surface area contributed by atoms with E-state index in [0.717, 1.165) is 34.4 Å². The Balaban J connectivity index is 1.20. The average molecular weight is 626 g/mol. The molecule has 13 heteroatoms. The fraction of sp³-hybridized carbons (Fsp3) is 0.290. The van der Waals surface area contributed by atoms with Gasteiger partial charge in [-0.2, -0.15) is 0 Å². The standard InChI is InChI=1S/C31H30F3N5O4S/c1-4-22-7-5-6-19(2)27(22)39-26(40)17-44-29(39)36-30(41)42-20(3)16-21-8-10-23(11-9-21)28-35-18-38(37-28)24-12-14-25(15-13-24)43-31(32,33)34/h5-15,18,20,30,41H,4,16-17H2,1-3H3. The molecule has 1 amide bonds. The highest BCUT2D eigenvalue weighted by molar-refractivity contribution is 8.15. The maximum Gasteiger partial charge on any atom is 0.573 e. The van der Waals surface area contributed by atoms with Gasteiger partial charge in [0, 0.05) is 5.56 Å². The quantitative estimate of drug-likeness (QED) is 0.214. The van der Waals surface area contributed by atoms with E-state index in [-0.39, 0.29) is 23.5 Å². The first kappa shape index (κ1) is 31.2. The maximum atomic E-state index is 12.8. The number of aryl methyl sites for hydroxylation is 2. The minimum absolute atomic E-state index is 0.0918. The lowest BCUT2D eigenvalue weighted by Crippen LogP contribution is -2.32. The van der Waals surface area contributed by atoms with Crippen LogP contribution >= 0.6 is 11.8 Å². The van der Waals surface area contributed by atoms with Gasteiger partial charge in [-0.3, -0.25) is 9.69 Å². The van der Waals surface area contributed by atoms with Crippen LogP contribution in [0.2, 0.25) is 0 Å². The summed E-state index contributed by atoms with van der Waals surface area (Å²) in [6, 6.07) is 18.7. The van der Waals surface area contributed by atoms with Crippen LogP contribution in [0.5, 0.6) is 5.75 Å². The number of para-hydroxylation sites is 1. The molecular formula is C31H30F3N5O4S. The molecule has 9 nitrogen and oxygen atoms in total. The Bertz CT molecular complexity index is 1640. The zero-order chi connectivity index (χ0) is 31.4. The molecule has 1 aliphatic rings. The molecule has 0 spiro atoms. The predicted molar refractivity (Wildman–Crippen MR) is 162 cm³/mol. The molecule has 5 rings (SSSR count). The third kappa shape index (κ3) is 7.47. The van der Waals surface area contributed by atoms with E-state index in [9.17, 15) is 23.1 Å². The predicted octanol–water partition coefficient (Wildman–Crippen LogP) is 6.06. The van der Waals surface area contributed by atoms with Crippen molar-refractivity contribution in [2.24, 2.45) is 4.99 Å². The molecule has 0 aliphatic carbocycles. The molecule has 2 atom stereocenters. The second-order valence-electron chi connectivity index (χ2n) is 10.1. The van der Waals surface area contributed by atoms with Crippen molar-refractivity contribution in [3.8, 4) is 22.8 Å². The monoisotopic (exact) mass is 625 g/mol. The van der Waals surface area contributed by atoms with E-state index in [2.05, 4.69) is 19.8 Å². The summed E-state index contributed by atoms with van der Waals surface area (Å²) >= 11 is 1.27. The molecule has 44 heavy (non-hydrogen) atoms. The van der Waals surface area contributed by atoms with Crippen LogP contribution in [0.1, 0.15) is 30.5 Å². The number of nitrogens with zero attached hydrogens (tertiary/aromatic N) is 5. The van der Waals surface area contributed by atoms with Crippen molar-refractivity contribution in [3.63, 3.8) is 0 Å². The molecule has 4 aromatic rings. The molecule has 2 heterocycles. The van der Waals surface area contributed by atoms with Crippen molar-refractivity contribution < 1.29 is 32.5 Å². The van der Waals surface area contributed by atoms with Gasteiger partial charge in [0.15, 0.2) is 11.0 Å². The van der Waals surface area contributed by atoms with E-state index in [1.807, 2.05) is 63.2 Å². The van der Waals surface area contributed by atoms with Crippen LogP contribution in [-0.2, 0) is 22.4 Å². The number of aliphatic hydroxyl groups is 1. The number of benzene rings is 3. The van der Waals surface area contributed by atoms with Crippen molar-refractivity contribution in [1.29, 1.82) is 0 Å². The summed E-state index contributed by atoms with van der Waals surface area (Å²) in [5.74, 6) is 0.264. The number of ether oxygens (including phenoxy) is 2. The zero-order valence-electron chi connectivity index (χ0n) is 24.2. The van der Waals surface area contributed by atoms with Crippen LogP contribution < -0.4 is 9.64 Å². The zero-order valence-corrected chi connectivity index (χ0v) is 25.0. The fourth-order valence-electron chi connectivity index (χ4n) is 4.83. The van der Waals surface area contributed by atoms with Gasteiger partial charge in [-0.15, -0.1) is 18.3 Å². The topological polar surface area (TPSA) is 102 Å². The van der Waals surface area contributed by atoms with Crippen LogP contribution in [0.15, 0.2) is 78.0 Å². The molecule has 230 valence electrons. The van der Waals surface area contributed by atoms with Gasteiger partial charge in [-0.05, 0) is 67.6 Å². The lowest BCUT2D eigenvalue weighted by atomic mass is 10.0. The number of halogens is 3. The maximum absolute atomic E-state index is 12.8. The molecule has 0 radical (unpaired) electrons. The van der Waals surface area contributed by atoms with Crippen LogP contribution in [0.3, 0.4) is 0 Å². The number of alkyl halides is 3. The molecule has 2 unspecified atom stereocenters. The molecule has 1 saturated heterocycles. The number of aliphatic imine (C=N–C) groups is 1. The molecule has 1 fully saturated rings. The van der Waals surface area contributed by atoms with Gasteiger partial charge in [0.05, 0.1) is 23.2 Å². The normalized spacial score (nSPS) is 16.0. The average Bonchev–Trinajstić information content (AvgIpc) is 3.60. The Morgan fingerprint density at radius 1 is 1.09 bits per heavy atom. The lowest BCUT2D eigenvalue weighted by Gasteiger charge is -2.23. The summed E-state index contributed by atoms with van der Waals surface area (Å²) in [5.41, 5.74) is 5.00. The highest BCUT2D eigenvalue weighted by atomic mass is 32.2. The number of aromatic nitrogens is 3. The third-order valence-corrected chi connectivity index (χ3v) is 7.77. The minimum Gasteiger partial charge on any atom is -0.406 e. The molecule has 1 aromatic heterocycles. The highest BCUT2D eigenvalue weighted by Gasteiger charge is 2.33. The van der Waals surface area contributed by atoms with Crippen LogP contribution in [0.25, 0.3) is 17.1 Å². The lowest BCUT2D eigenvalue weighted by molar-refractivity contribution is -0.274. The molecular weight excluding hydrogens is 595 g/mol. The number of rotatable bonds is 10. The van der Waals surface area contributed by atoms with Gasteiger partial charge < -0.3 is 14.6 Å². The molecule has 1 N–H and O–H groups in total. The number of hydrogen-bond donors (Lipinski definition) is 1. The summed E-state index contributed by atoms with van der Waals surface area (Å²) in [6.45, 7) is 5.80. The Morgan fingerprint density at radius 2 is 1.82 bits per heavy atom. The van der Waals surface area contributed by atoms with Crippen molar-refractivity contribution in [3.05, 3.63) is 89.7 Å². The van der Waals surface area contributed by atoms with E-state index in [4.69, 9.17) is 4.74 Å². The smallest absolute Gasteiger partial charge is 0.406 e. The van der Waals surface area contributed by atoms with Crippen LogP contribution in [-0.4, -0.2) is 55.6 Å². The number of anilines is 1. The third-order valence-electron chi connectivity index (χ3n) is 6.83. The first-order valence-corrected chi connectivity index (χ1v) is 14.8. The highest BCUT2D eigenvalue weighted by Crippen LogP contribution is 2.33. The Morgan fingerprint density at radius 3 is 2.50 bits per heavy atom. The van der Waals surface area contributed by atoms with Crippen molar-refractivity contribution >= 4 is 28.5 Å². The SMILES string of the molecule is CCc1cccc(C)c1N1C(=O)CSC1=NC(O)OC(C)Cc1ccc(-c2ncn(-c3ccc(OC(F)(F)F)cc3)n2)cc1. The minimum atomic E-state index is -4.76. The summed E-state index contributed by atoms with van der Waals surface area (Å²) in [4.78, 5) is 23.0. The summed E-state index contributed by atoms with van der Waals surface area (Å²) in [7, 11) is 0. The Kier molecular flexibility index (Phi) is 9.37. The van der Waals surface area contributed by atoms with Crippen molar-refractivity contribution in [1.82, 2.24) is 14.8 Å². The molecule has 1 aliphatic heterocycles. The van der Waals surface area contributed by atoms with E-state index < -0.39 is 12.8 Å². The second kappa shape index (κ2) is 13.2. The number of amidine groups is 1. The fourth-order valence-corrected chi connectivity index (χ4v) is 5.69. The summed E-state index contributed by atoms with van der Waals surface area (Å²) in [6.07, 6.45) is -3.88. The first-order chi connectivity index (χ1) is 21.0. The number of aliphatic hydroxyl groups excluding tert-OH is 1. The number of thioether (sulfide) groups is 1. The largest absolute Gasteiger partial charge is 0.573 e. The number of amides is 1.